The van der Waals surface area contributed by atoms with Gasteiger partial charge in [0.05, 0.1) is 6.20 Å². The Morgan fingerprint density at radius 3 is 2.35 bits per heavy atom. The van der Waals surface area contributed by atoms with Crippen LogP contribution in [-0.2, 0) is 14.1 Å². The van der Waals surface area contributed by atoms with E-state index in [0.29, 0.717) is 45.7 Å². The molecule has 2 N–H and O–H groups in total. The number of rotatable bonds is 5. The lowest BCUT2D eigenvalue weighted by Gasteiger charge is -2.17. The highest BCUT2D eigenvalue weighted by Crippen LogP contribution is 2.37. The smallest absolute Gasteiger partial charge is 0.274 e. The highest BCUT2D eigenvalue weighted by molar-refractivity contribution is 6.03. The van der Waals surface area contributed by atoms with E-state index in [4.69, 9.17) is 4.74 Å². The van der Waals surface area contributed by atoms with Gasteiger partial charge in [-0.25, -0.2) is 4.39 Å². The number of amides is 1. The van der Waals surface area contributed by atoms with Gasteiger partial charge in [-0.1, -0.05) is 0 Å². The number of aromatic nitrogens is 3. The lowest BCUT2D eigenvalue weighted by Crippen LogP contribution is -2.23. The minimum Gasteiger partial charge on any atom is -0.455 e. The Morgan fingerprint density at radius 2 is 1.71 bits per heavy atom. The van der Waals surface area contributed by atoms with Gasteiger partial charge < -0.3 is 24.2 Å². The fourth-order valence-corrected chi connectivity index (χ4v) is 3.99. The molecule has 4 rings (SSSR count). The van der Waals surface area contributed by atoms with Crippen LogP contribution in [0.4, 0.5) is 4.39 Å². The van der Waals surface area contributed by atoms with Gasteiger partial charge in [-0.15, -0.1) is 0 Å². The fraction of sp³-hybridized carbons (Fsp3) is 0.240. The van der Waals surface area contributed by atoms with Crippen LogP contribution in [0.15, 0.2) is 46.2 Å². The lowest BCUT2D eigenvalue weighted by atomic mass is 10.0. The van der Waals surface area contributed by atoms with Gasteiger partial charge in [-0.05, 0) is 50.1 Å². The van der Waals surface area contributed by atoms with Crippen LogP contribution in [0.5, 0.6) is 11.5 Å². The maximum atomic E-state index is 13.8. The average Bonchev–Trinajstić information content (AvgIpc) is 3.22. The predicted molar refractivity (Wildman–Crippen MR) is 128 cm³/mol. The second kappa shape index (κ2) is 8.66. The van der Waals surface area contributed by atoms with Gasteiger partial charge in [0.1, 0.15) is 22.8 Å². The third-order valence-electron chi connectivity index (χ3n) is 5.67. The summed E-state index contributed by atoms with van der Waals surface area (Å²) < 4.78 is 22.8. The zero-order valence-corrected chi connectivity index (χ0v) is 19.6. The Bertz CT molecular complexity index is 1540. The molecule has 1 amide bonds. The molecule has 9 heteroatoms. The summed E-state index contributed by atoms with van der Waals surface area (Å²) in [5, 5.41) is 3.19. The molecule has 3 heterocycles. The molecule has 0 saturated carbocycles. The molecule has 0 fully saturated rings. The van der Waals surface area contributed by atoms with Gasteiger partial charge in [-0.2, -0.15) is 0 Å². The Balaban J connectivity index is 1.98. The average molecular weight is 464 g/mol. The maximum Gasteiger partial charge on any atom is 0.274 e. The van der Waals surface area contributed by atoms with E-state index in [1.807, 2.05) is 0 Å². The summed E-state index contributed by atoms with van der Waals surface area (Å²) in [6.45, 7) is 5.71. The van der Waals surface area contributed by atoms with E-state index in [9.17, 15) is 18.8 Å². The van der Waals surface area contributed by atoms with E-state index >= 15 is 0 Å². The number of hydrogen-bond donors (Lipinski definition) is 2. The minimum atomic E-state index is -0.368. The van der Waals surface area contributed by atoms with Crippen LogP contribution in [-0.4, -0.2) is 26.6 Å². The highest BCUT2D eigenvalue weighted by atomic mass is 19.1. The van der Waals surface area contributed by atoms with Crippen molar-refractivity contribution in [3.63, 3.8) is 0 Å². The number of ether oxygens (including phenoxy) is 1. The van der Waals surface area contributed by atoms with E-state index in [2.05, 4.69) is 10.3 Å². The summed E-state index contributed by atoms with van der Waals surface area (Å²) in [5.41, 5.74) is 2.05. The number of aromatic amines is 1. The van der Waals surface area contributed by atoms with E-state index in [1.165, 1.54) is 27.3 Å². The number of halogens is 1. The molecule has 4 aromatic rings. The second-order valence-corrected chi connectivity index (χ2v) is 8.26. The molecule has 0 saturated heterocycles. The monoisotopic (exact) mass is 464 g/mol. The number of nitrogens with zero attached hydrogens (tertiary/aromatic N) is 2. The van der Waals surface area contributed by atoms with Crippen molar-refractivity contribution >= 4 is 16.8 Å². The number of fused-ring (bicyclic) bond motifs is 1. The quantitative estimate of drug-likeness (QED) is 0.472. The van der Waals surface area contributed by atoms with Gasteiger partial charge in [-0.3, -0.25) is 14.4 Å². The molecule has 1 aromatic carbocycles. The van der Waals surface area contributed by atoms with E-state index in [0.717, 1.165) is 0 Å². The second-order valence-electron chi connectivity index (χ2n) is 8.26. The minimum absolute atomic E-state index is 0.234. The van der Waals surface area contributed by atoms with Crippen molar-refractivity contribution in [2.75, 3.05) is 6.54 Å². The summed E-state index contributed by atoms with van der Waals surface area (Å²) in [4.78, 5) is 40.7. The van der Waals surface area contributed by atoms with Crippen LogP contribution in [0, 0.1) is 19.7 Å². The molecule has 34 heavy (non-hydrogen) atoms. The topological polar surface area (TPSA) is 98.1 Å². The molecule has 0 radical (unpaired) electrons. The first-order valence-electron chi connectivity index (χ1n) is 10.8. The zero-order chi connectivity index (χ0) is 24.7. The van der Waals surface area contributed by atoms with Crippen LogP contribution in [0.3, 0.4) is 0 Å². The van der Waals surface area contributed by atoms with Crippen LogP contribution in [0.25, 0.3) is 22.0 Å². The van der Waals surface area contributed by atoms with Gasteiger partial charge in [0.15, 0.2) is 5.75 Å². The molecule has 3 aromatic heterocycles. The number of pyridine rings is 2. The highest BCUT2D eigenvalue weighted by Gasteiger charge is 2.20. The molecule has 8 nitrogen and oxygen atoms in total. The SMILES string of the molecule is CCNC(=O)c1cc2c(-c3cc(=O)n(C)cc3Oc3c(C)cc(F)cc3C)cn(C)c(=O)c2[nH]1. The number of nitrogens with one attached hydrogen (secondary N) is 2. The molecule has 0 atom stereocenters. The van der Waals surface area contributed by atoms with E-state index < -0.39 is 0 Å². The zero-order valence-electron chi connectivity index (χ0n) is 19.6. The fourth-order valence-electron chi connectivity index (χ4n) is 3.99. The predicted octanol–water partition coefficient (Wildman–Crippen LogP) is 3.53. The summed E-state index contributed by atoms with van der Waals surface area (Å²) in [7, 11) is 3.19. The summed E-state index contributed by atoms with van der Waals surface area (Å²) in [6, 6.07) is 5.76. The Kier molecular flexibility index (Phi) is 5.87. The van der Waals surface area contributed by atoms with Crippen molar-refractivity contribution in [1.82, 2.24) is 19.4 Å². The molecule has 0 unspecified atom stereocenters. The maximum absolute atomic E-state index is 13.8. The molecule has 0 spiro atoms. The first kappa shape index (κ1) is 23.0. The van der Waals surface area contributed by atoms with E-state index in [-0.39, 0.29) is 34.1 Å². The molecule has 0 aliphatic heterocycles. The summed E-state index contributed by atoms with van der Waals surface area (Å²) in [5.74, 6) is 0.109. The molecule has 176 valence electrons. The number of carbonyl (C=O) groups is 1. The first-order chi connectivity index (χ1) is 16.1. The normalized spacial score (nSPS) is 11.1. The van der Waals surface area contributed by atoms with Gasteiger partial charge in [0.2, 0.25) is 0 Å². The largest absolute Gasteiger partial charge is 0.455 e. The Morgan fingerprint density at radius 1 is 1.03 bits per heavy atom. The Hall–Kier alpha value is -4.14. The van der Waals surface area contributed by atoms with Crippen LogP contribution < -0.4 is 21.2 Å². The van der Waals surface area contributed by atoms with Crippen LogP contribution >= 0.6 is 0 Å². The number of hydrogen-bond acceptors (Lipinski definition) is 4. The lowest BCUT2D eigenvalue weighted by molar-refractivity contribution is 0.0951. The van der Waals surface area contributed by atoms with Crippen molar-refractivity contribution < 1.29 is 13.9 Å². The third-order valence-corrected chi connectivity index (χ3v) is 5.67. The number of H-pyrrole nitrogens is 1. The molecule has 0 bridgehead atoms. The van der Waals surface area contributed by atoms with Crippen molar-refractivity contribution in [2.45, 2.75) is 20.8 Å². The van der Waals surface area contributed by atoms with Crippen LogP contribution in [0.1, 0.15) is 28.5 Å². The standard InChI is InChI=1S/C25H25FN4O4/c1-6-27-24(32)19-9-17-18(11-30(5)25(33)22(17)28-19)16-10-21(31)29(4)12-20(16)34-23-13(2)7-15(26)8-14(23)3/h7-12,28H,6H2,1-5H3,(H,27,32). The molecule has 0 aliphatic carbocycles. The number of benzene rings is 1. The van der Waals surface area contributed by atoms with Gasteiger partial charge in [0, 0.05) is 49.4 Å². The number of carbonyl (C=O) groups excluding carboxylic acids is 1. The summed E-state index contributed by atoms with van der Waals surface area (Å²) in [6.07, 6.45) is 3.15. The van der Waals surface area contributed by atoms with Crippen molar-refractivity contribution in [2.24, 2.45) is 14.1 Å². The van der Waals surface area contributed by atoms with Crippen molar-refractivity contribution in [3.8, 4) is 22.6 Å². The first-order valence-corrected chi connectivity index (χ1v) is 10.8. The van der Waals surface area contributed by atoms with Crippen LogP contribution in [0.2, 0.25) is 0 Å². The molecular weight excluding hydrogens is 439 g/mol. The summed E-state index contributed by atoms with van der Waals surface area (Å²) >= 11 is 0. The van der Waals surface area contributed by atoms with Gasteiger partial charge >= 0.3 is 0 Å². The van der Waals surface area contributed by atoms with Crippen molar-refractivity contribution in [3.05, 3.63) is 80.0 Å². The molecule has 0 aliphatic rings. The molecular formula is C25H25FN4O4. The van der Waals surface area contributed by atoms with E-state index in [1.54, 1.807) is 53.3 Å². The number of aryl methyl sites for hydroxylation is 4. The third kappa shape index (κ3) is 4.00. The Labute approximate surface area is 194 Å². The van der Waals surface area contributed by atoms with Gasteiger partial charge in [0.25, 0.3) is 17.0 Å². The van der Waals surface area contributed by atoms with Crippen molar-refractivity contribution in [1.29, 1.82) is 0 Å².